The number of halogens is 2. The lowest BCUT2D eigenvalue weighted by molar-refractivity contribution is 1.21. The molecule has 0 fully saturated rings. The molecule has 2 rings (SSSR count). The van der Waals surface area contributed by atoms with Crippen LogP contribution in [0.25, 0.3) is 0 Å². The van der Waals surface area contributed by atoms with Crippen molar-refractivity contribution in [3.8, 4) is 0 Å². The van der Waals surface area contributed by atoms with Gasteiger partial charge in [-0.25, -0.2) is 0 Å². The smallest absolute Gasteiger partial charge is 0.0396 e. The standard InChI is InChI=1S/C16H18Cl2N2S/c17-9-11-19-13-1-5-15(6-2-13)21-16-7-3-14(4-8-16)20-12-10-18/h1-8,19-20H,9-12H2. The highest BCUT2D eigenvalue weighted by molar-refractivity contribution is 7.99. The molecule has 0 spiro atoms. The summed E-state index contributed by atoms with van der Waals surface area (Å²) in [7, 11) is 0. The SMILES string of the molecule is ClCCNc1ccc(Sc2ccc(NCCCl)cc2)cc1. The van der Waals surface area contributed by atoms with E-state index in [0.717, 1.165) is 24.5 Å². The van der Waals surface area contributed by atoms with Crippen LogP contribution >= 0.6 is 35.0 Å². The van der Waals surface area contributed by atoms with Crippen LogP contribution in [-0.2, 0) is 0 Å². The molecule has 2 aromatic carbocycles. The number of rotatable bonds is 8. The maximum atomic E-state index is 5.66. The van der Waals surface area contributed by atoms with E-state index in [9.17, 15) is 0 Å². The van der Waals surface area contributed by atoms with E-state index >= 15 is 0 Å². The summed E-state index contributed by atoms with van der Waals surface area (Å²) in [4.78, 5) is 2.43. The molecular weight excluding hydrogens is 323 g/mol. The summed E-state index contributed by atoms with van der Waals surface area (Å²) in [5.41, 5.74) is 2.20. The Labute approximate surface area is 140 Å². The first kappa shape index (κ1) is 16.3. The Hall–Kier alpha value is -1.03. The Bertz CT molecular complexity index is 479. The molecular formula is C16H18Cl2N2S. The lowest BCUT2D eigenvalue weighted by atomic mass is 10.3. The number of anilines is 2. The van der Waals surface area contributed by atoms with E-state index in [1.807, 2.05) is 0 Å². The second-order valence-corrected chi connectivity index (χ2v) is 6.29. The van der Waals surface area contributed by atoms with E-state index in [4.69, 9.17) is 23.2 Å². The first-order chi connectivity index (χ1) is 10.3. The molecule has 0 amide bonds. The molecule has 2 aromatic rings. The summed E-state index contributed by atoms with van der Waals surface area (Å²) in [5, 5.41) is 6.50. The van der Waals surface area contributed by atoms with Gasteiger partial charge in [-0.1, -0.05) is 11.8 Å². The van der Waals surface area contributed by atoms with Gasteiger partial charge in [0.1, 0.15) is 0 Å². The van der Waals surface area contributed by atoms with Crippen LogP contribution in [0.5, 0.6) is 0 Å². The van der Waals surface area contributed by atoms with Gasteiger partial charge in [-0.3, -0.25) is 0 Å². The summed E-state index contributed by atoms with van der Waals surface area (Å²) in [5.74, 6) is 1.22. The first-order valence-corrected chi connectivity index (χ1v) is 8.68. The second-order valence-electron chi connectivity index (χ2n) is 4.38. The van der Waals surface area contributed by atoms with Crippen LogP contribution in [0.3, 0.4) is 0 Å². The van der Waals surface area contributed by atoms with E-state index in [2.05, 4.69) is 59.2 Å². The molecule has 0 saturated carbocycles. The van der Waals surface area contributed by atoms with Gasteiger partial charge < -0.3 is 10.6 Å². The highest BCUT2D eigenvalue weighted by atomic mass is 35.5. The molecule has 0 bridgehead atoms. The van der Waals surface area contributed by atoms with Gasteiger partial charge in [0.2, 0.25) is 0 Å². The van der Waals surface area contributed by atoms with Crippen LogP contribution in [0.4, 0.5) is 11.4 Å². The molecule has 0 aliphatic rings. The minimum Gasteiger partial charge on any atom is -0.384 e. The molecule has 0 aliphatic heterocycles. The zero-order chi connectivity index (χ0) is 14.9. The van der Waals surface area contributed by atoms with Gasteiger partial charge in [-0.05, 0) is 48.5 Å². The van der Waals surface area contributed by atoms with Gasteiger partial charge in [0, 0.05) is 46.0 Å². The number of nitrogens with one attached hydrogen (secondary N) is 2. The van der Waals surface area contributed by atoms with Crippen molar-refractivity contribution in [1.82, 2.24) is 0 Å². The molecule has 0 aromatic heterocycles. The largest absolute Gasteiger partial charge is 0.384 e. The van der Waals surface area contributed by atoms with Crippen molar-refractivity contribution < 1.29 is 0 Å². The normalized spacial score (nSPS) is 10.4. The molecule has 5 heteroatoms. The van der Waals surface area contributed by atoms with Gasteiger partial charge in [0.15, 0.2) is 0 Å². The van der Waals surface area contributed by atoms with E-state index < -0.39 is 0 Å². The van der Waals surface area contributed by atoms with Crippen molar-refractivity contribution in [3.63, 3.8) is 0 Å². The van der Waals surface area contributed by atoms with E-state index in [-0.39, 0.29) is 0 Å². The average Bonchev–Trinajstić information content (AvgIpc) is 2.53. The molecule has 0 radical (unpaired) electrons. The van der Waals surface area contributed by atoms with Crippen molar-refractivity contribution in [3.05, 3.63) is 48.5 Å². The number of alkyl halides is 2. The van der Waals surface area contributed by atoms with E-state index in [1.165, 1.54) is 9.79 Å². The average molecular weight is 341 g/mol. The number of hydrogen-bond donors (Lipinski definition) is 2. The predicted octanol–water partition coefficient (Wildman–Crippen LogP) is 5.14. The maximum absolute atomic E-state index is 5.66. The summed E-state index contributed by atoms with van der Waals surface area (Å²) < 4.78 is 0. The summed E-state index contributed by atoms with van der Waals surface area (Å²) in [6.07, 6.45) is 0. The molecule has 0 unspecified atom stereocenters. The lowest BCUT2D eigenvalue weighted by Crippen LogP contribution is -2.01. The van der Waals surface area contributed by atoms with E-state index in [0.29, 0.717) is 11.8 Å². The van der Waals surface area contributed by atoms with Crippen LogP contribution in [0.15, 0.2) is 58.3 Å². The minimum absolute atomic E-state index is 0.612. The first-order valence-electron chi connectivity index (χ1n) is 6.79. The van der Waals surface area contributed by atoms with Crippen molar-refractivity contribution in [2.75, 3.05) is 35.5 Å². The Balaban J connectivity index is 1.91. The van der Waals surface area contributed by atoms with Crippen LogP contribution < -0.4 is 10.6 Å². The Morgan fingerprint density at radius 2 is 1.05 bits per heavy atom. The molecule has 0 aliphatic carbocycles. The Morgan fingerprint density at radius 3 is 1.38 bits per heavy atom. The van der Waals surface area contributed by atoms with Gasteiger partial charge >= 0.3 is 0 Å². The Kier molecular flexibility index (Phi) is 7.07. The van der Waals surface area contributed by atoms with Gasteiger partial charge in [0.25, 0.3) is 0 Å². The number of benzene rings is 2. The maximum Gasteiger partial charge on any atom is 0.0396 e. The molecule has 0 atom stereocenters. The third-order valence-electron chi connectivity index (χ3n) is 2.79. The summed E-state index contributed by atoms with van der Waals surface area (Å²) >= 11 is 13.1. The number of hydrogen-bond acceptors (Lipinski definition) is 3. The molecule has 21 heavy (non-hydrogen) atoms. The highest BCUT2D eigenvalue weighted by Crippen LogP contribution is 2.29. The fraction of sp³-hybridized carbons (Fsp3) is 0.250. The van der Waals surface area contributed by atoms with Crippen molar-refractivity contribution in [2.45, 2.75) is 9.79 Å². The van der Waals surface area contributed by atoms with Crippen molar-refractivity contribution in [1.29, 1.82) is 0 Å². The van der Waals surface area contributed by atoms with Crippen molar-refractivity contribution >= 4 is 46.3 Å². The Morgan fingerprint density at radius 1 is 0.667 bits per heavy atom. The third kappa shape index (κ3) is 5.70. The molecule has 0 heterocycles. The minimum atomic E-state index is 0.612. The fourth-order valence-electron chi connectivity index (χ4n) is 1.80. The second kappa shape index (κ2) is 9.08. The van der Waals surface area contributed by atoms with Crippen LogP contribution in [0, 0.1) is 0 Å². The van der Waals surface area contributed by atoms with Crippen molar-refractivity contribution in [2.24, 2.45) is 0 Å². The predicted molar refractivity (Wildman–Crippen MR) is 95.4 cm³/mol. The van der Waals surface area contributed by atoms with E-state index in [1.54, 1.807) is 11.8 Å². The quantitative estimate of drug-likeness (QED) is 0.650. The topological polar surface area (TPSA) is 24.1 Å². The molecule has 0 saturated heterocycles. The van der Waals surface area contributed by atoms with Crippen LogP contribution in [0.2, 0.25) is 0 Å². The van der Waals surface area contributed by atoms with Gasteiger partial charge in [-0.2, -0.15) is 0 Å². The molecule has 2 nitrogen and oxygen atoms in total. The molecule has 2 N–H and O–H groups in total. The zero-order valence-electron chi connectivity index (χ0n) is 11.6. The van der Waals surface area contributed by atoms with Gasteiger partial charge in [0.05, 0.1) is 0 Å². The van der Waals surface area contributed by atoms with Gasteiger partial charge in [-0.15, -0.1) is 23.2 Å². The summed E-state index contributed by atoms with van der Waals surface area (Å²) in [6, 6.07) is 16.7. The highest BCUT2D eigenvalue weighted by Gasteiger charge is 1.99. The molecule has 112 valence electrons. The van der Waals surface area contributed by atoms with Crippen LogP contribution in [-0.4, -0.2) is 24.8 Å². The fourth-order valence-corrected chi connectivity index (χ4v) is 2.81. The lowest BCUT2D eigenvalue weighted by Gasteiger charge is -2.07. The summed E-state index contributed by atoms with van der Waals surface area (Å²) in [6.45, 7) is 1.57. The zero-order valence-corrected chi connectivity index (χ0v) is 13.9. The monoisotopic (exact) mass is 340 g/mol. The van der Waals surface area contributed by atoms with Crippen LogP contribution in [0.1, 0.15) is 0 Å². The third-order valence-corrected chi connectivity index (χ3v) is 4.19.